The molecule has 2 atom stereocenters. The van der Waals surface area contributed by atoms with Gasteiger partial charge in [0.05, 0.1) is 11.2 Å². The predicted octanol–water partition coefficient (Wildman–Crippen LogP) is 5.27. The first kappa shape index (κ1) is 18.0. The smallest absolute Gasteiger partial charge is 0.141 e. The van der Waals surface area contributed by atoms with Crippen molar-refractivity contribution in [2.24, 2.45) is 5.92 Å². The van der Waals surface area contributed by atoms with Crippen LogP contribution in [0, 0.1) is 11.7 Å². The Bertz CT molecular complexity index is 913. The van der Waals surface area contributed by atoms with Crippen LogP contribution >= 0.6 is 11.6 Å². The van der Waals surface area contributed by atoms with E-state index in [0.29, 0.717) is 10.8 Å². The summed E-state index contributed by atoms with van der Waals surface area (Å²) in [4.78, 5) is 3.99. The molecule has 3 nitrogen and oxygen atoms in total. The van der Waals surface area contributed by atoms with Gasteiger partial charge in [-0.05, 0) is 42.3 Å². The fraction of sp³-hybridized carbons (Fsp3) is 0.227. The van der Waals surface area contributed by atoms with Crippen LogP contribution in [0.1, 0.15) is 18.1 Å². The molecule has 1 aliphatic rings. The number of halogens is 2. The molecule has 0 aliphatic carbocycles. The maximum absolute atomic E-state index is 13.7. The van der Waals surface area contributed by atoms with Crippen LogP contribution in [-0.4, -0.2) is 18.1 Å². The summed E-state index contributed by atoms with van der Waals surface area (Å²) in [5, 5.41) is 3.88. The highest BCUT2D eigenvalue weighted by atomic mass is 35.5. The Hall–Kier alpha value is -2.43. The highest BCUT2D eigenvalue weighted by molar-refractivity contribution is 6.32. The van der Waals surface area contributed by atoms with E-state index >= 15 is 0 Å². The third-order valence-electron chi connectivity index (χ3n) is 4.87. The van der Waals surface area contributed by atoms with Crippen LogP contribution in [0.2, 0.25) is 5.02 Å². The lowest BCUT2D eigenvalue weighted by atomic mass is 9.95. The van der Waals surface area contributed by atoms with Crippen LogP contribution in [0.25, 0.3) is 11.1 Å². The van der Waals surface area contributed by atoms with Crippen LogP contribution in [0.15, 0.2) is 67.0 Å². The van der Waals surface area contributed by atoms with Crippen molar-refractivity contribution in [1.29, 1.82) is 0 Å². The molecule has 2 heterocycles. The number of nitrogens with one attached hydrogen (secondary N) is 1. The van der Waals surface area contributed by atoms with Crippen LogP contribution in [0.5, 0.6) is 5.75 Å². The molecule has 0 amide bonds. The Labute approximate surface area is 163 Å². The molecule has 0 saturated carbocycles. The average Bonchev–Trinajstić information content (AvgIpc) is 3.22. The number of benzene rings is 2. The first-order valence-corrected chi connectivity index (χ1v) is 9.41. The van der Waals surface area contributed by atoms with Gasteiger partial charge in [0.2, 0.25) is 0 Å². The van der Waals surface area contributed by atoms with Crippen molar-refractivity contribution >= 4 is 11.6 Å². The van der Waals surface area contributed by atoms with E-state index in [1.54, 1.807) is 6.20 Å². The van der Waals surface area contributed by atoms with Crippen molar-refractivity contribution in [2.75, 3.05) is 13.1 Å². The molecule has 1 saturated heterocycles. The number of nitrogens with zero attached hydrogens (tertiary/aromatic N) is 1. The van der Waals surface area contributed by atoms with E-state index in [4.69, 9.17) is 16.3 Å². The minimum atomic E-state index is -0.363. The van der Waals surface area contributed by atoms with E-state index in [1.807, 2.05) is 48.5 Å². The molecular formula is C22H20ClFN2O. The lowest BCUT2D eigenvalue weighted by Crippen LogP contribution is -2.21. The number of ether oxygens (including phenoxy) is 1. The summed E-state index contributed by atoms with van der Waals surface area (Å²) in [5.41, 5.74) is 2.85. The highest BCUT2D eigenvalue weighted by Crippen LogP contribution is 2.37. The molecule has 1 N–H and O–H groups in total. The van der Waals surface area contributed by atoms with Gasteiger partial charge in [-0.3, -0.25) is 4.98 Å². The Balaban J connectivity index is 1.63. The molecule has 2 aromatic carbocycles. The van der Waals surface area contributed by atoms with E-state index in [-0.39, 0.29) is 17.8 Å². The Morgan fingerprint density at radius 2 is 1.93 bits per heavy atom. The van der Waals surface area contributed by atoms with Crippen molar-refractivity contribution in [2.45, 2.75) is 12.5 Å². The number of rotatable bonds is 5. The normalized spacial score (nSPS) is 17.6. The quantitative estimate of drug-likeness (QED) is 0.652. The maximum atomic E-state index is 13.7. The van der Waals surface area contributed by atoms with Gasteiger partial charge in [0.1, 0.15) is 17.7 Å². The minimum absolute atomic E-state index is 0.235. The third kappa shape index (κ3) is 4.12. The second-order valence-electron chi connectivity index (χ2n) is 6.74. The van der Waals surface area contributed by atoms with Gasteiger partial charge >= 0.3 is 0 Å². The van der Waals surface area contributed by atoms with Gasteiger partial charge in [0.15, 0.2) is 0 Å². The second kappa shape index (κ2) is 8.07. The molecule has 5 heteroatoms. The Morgan fingerprint density at radius 3 is 2.63 bits per heavy atom. The maximum Gasteiger partial charge on any atom is 0.141 e. The van der Waals surface area contributed by atoms with E-state index in [9.17, 15) is 4.39 Å². The largest absolute Gasteiger partial charge is 0.484 e. The summed E-state index contributed by atoms with van der Waals surface area (Å²) in [6.07, 6.45) is 3.53. The summed E-state index contributed by atoms with van der Waals surface area (Å²) in [7, 11) is 0. The zero-order valence-electron chi connectivity index (χ0n) is 14.7. The number of hydrogen-bond acceptors (Lipinski definition) is 3. The summed E-state index contributed by atoms with van der Waals surface area (Å²) >= 11 is 6.52. The topological polar surface area (TPSA) is 34.1 Å². The number of aromatic nitrogens is 1. The van der Waals surface area contributed by atoms with Crippen LogP contribution in [0.3, 0.4) is 0 Å². The molecule has 27 heavy (non-hydrogen) atoms. The molecule has 2 unspecified atom stereocenters. The zero-order valence-corrected chi connectivity index (χ0v) is 15.5. The Morgan fingerprint density at radius 1 is 1.07 bits per heavy atom. The Kier molecular flexibility index (Phi) is 5.37. The molecule has 1 aliphatic heterocycles. The van der Waals surface area contributed by atoms with Crippen LogP contribution < -0.4 is 10.1 Å². The van der Waals surface area contributed by atoms with Gasteiger partial charge in [0.25, 0.3) is 0 Å². The van der Waals surface area contributed by atoms with Crippen LogP contribution in [0.4, 0.5) is 4.39 Å². The molecule has 4 rings (SSSR count). The van der Waals surface area contributed by atoms with Gasteiger partial charge in [-0.1, -0.05) is 48.0 Å². The molecule has 3 aromatic rings. The molecule has 0 radical (unpaired) electrons. The lowest BCUT2D eigenvalue weighted by molar-refractivity contribution is 0.144. The molecule has 0 spiro atoms. The standard InChI is InChI=1S/C22H20ClFN2O/c23-20-11-16(15-4-2-1-3-5-15)6-7-21(20)27-22(17-8-9-25-12-17)18-10-19(24)14-26-13-18/h1-7,10-11,13-14,17,22,25H,8-9,12H2. The van der Waals surface area contributed by atoms with E-state index in [1.165, 1.54) is 12.3 Å². The van der Waals surface area contributed by atoms with Crippen molar-refractivity contribution < 1.29 is 9.13 Å². The summed E-state index contributed by atoms with van der Waals surface area (Å²) in [6.45, 7) is 1.74. The van der Waals surface area contributed by atoms with Gasteiger partial charge in [-0.15, -0.1) is 0 Å². The van der Waals surface area contributed by atoms with Crippen molar-refractivity contribution in [1.82, 2.24) is 10.3 Å². The van der Waals surface area contributed by atoms with Crippen molar-refractivity contribution in [3.63, 3.8) is 0 Å². The average molecular weight is 383 g/mol. The fourth-order valence-corrected chi connectivity index (χ4v) is 3.72. The van der Waals surface area contributed by atoms with Crippen molar-refractivity contribution in [3.05, 3.63) is 83.4 Å². The third-order valence-corrected chi connectivity index (χ3v) is 5.17. The van der Waals surface area contributed by atoms with Gasteiger partial charge < -0.3 is 10.1 Å². The lowest BCUT2D eigenvalue weighted by Gasteiger charge is -2.25. The fourth-order valence-electron chi connectivity index (χ4n) is 3.50. The second-order valence-corrected chi connectivity index (χ2v) is 7.15. The van der Waals surface area contributed by atoms with Crippen molar-refractivity contribution in [3.8, 4) is 16.9 Å². The number of hydrogen-bond donors (Lipinski definition) is 1. The summed E-state index contributed by atoms with van der Waals surface area (Å²) in [6, 6.07) is 17.3. The molecular weight excluding hydrogens is 363 g/mol. The molecule has 1 aromatic heterocycles. The van der Waals surface area contributed by atoms with Crippen LogP contribution in [-0.2, 0) is 0 Å². The molecule has 138 valence electrons. The van der Waals surface area contributed by atoms with E-state index in [2.05, 4.69) is 10.3 Å². The summed E-state index contributed by atoms with van der Waals surface area (Å²) in [5.74, 6) is 0.466. The van der Waals surface area contributed by atoms with E-state index in [0.717, 1.165) is 36.2 Å². The van der Waals surface area contributed by atoms with Gasteiger partial charge in [-0.2, -0.15) is 0 Å². The number of pyridine rings is 1. The monoisotopic (exact) mass is 382 g/mol. The first-order chi connectivity index (χ1) is 13.2. The van der Waals surface area contributed by atoms with Gasteiger partial charge in [-0.25, -0.2) is 4.39 Å². The molecule has 0 bridgehead atoms. The SMILES string of the molecule is Fc1cncc(C(Oc2ccc(-c3ccccc3)cc2Cl)C2CCNC2)c1. The predicted molar refractivity (Wildman–Crippen MR) is 105 cm³/mol. The zero-order chi connectivity index (χ0) is 18.6. The van der Waals surface area contributed by atoms with Gasteiger partial charge in [0, 0.05) is 24.2 Å². The minimum Gasteiger partial charge on any atom is -0.484 e. The summed E-state index contributed by atoms with van der Waals surface area (Å²) < 4.78 is 20.0. The highest BCUT2D eigenvalue weighted by Gasteiger charge is 2.29. The first-order valence-electron chi connectivity index (χ1n) is 9.03. The molecule has 1 fully saturated rings. The van der Waals surface area contributed by atoms with E-state index < -0.39 is 0 Å².